The molecular weight excluding hydrogens is 289 g/mol. The van der Waals surface area contributed by atoms with Crippen molar-refractivity contribution >= 4 is 17.3 Å². The number of hydrogen-bond donors (Lipinski definition) is 1. The molecule has 1 fully saturated rings. The van der Waals surface area contributed by atoms with Crippen LogP contribution < -0.4 is 10.2 Å². The van der Waals surface area contributed by atoms with Gasteiger partial charge in [-0.1, -0.05) is 24.6 Å². The van der Waals surface area contributed by atoms with Crippen molar-refractivity contribution in [3.05, 3.63) is 28.8 Å². The maximum Gasteiger partial charge on any atom is 0.405 e. The van der Waals surface area contributed by atoms with Crippen LogP contribution in [-0.4, -0.2) is 25.3 Å². The predicted octanol–water partition coefficient (Wildman–Crippen LogP) is 3.98. The molecule has 0 amide bonds. The summed E-state index contributed by atoms with van der Waals surface area (Å²) >= 11 is 6.17. The van der Waals surface area contributed by atoms with Crippen LogP contribution in [0.1, 0.15) is 25.3 Å². The molecule has 0 heterocycles. The molecule has 112 valence electrons. The number of benzene rings is 1. The maximum absolute atomic E-state index is 12.7. The molecule has 0 bridgehead atoms. The fourth-order valence-electron chi connectivity index (χ4n) is 2.15. The smallest absolute Gasteiger partial charge is 0.358 e. The quantitative estimate of drug-likeness (QED) is 0.855. The van der Waals surface area contributed by atoms with Crippen molar-refractivity contribution in [2.75, 3.05) is 18.0 Å². The van der Waals surface area contributed by atoms with E-state index in [0.29, 0.717) is 17.3 Å². The van der Waals surface area contributed by atoms with E-state index in [1.54, 1.807) is 12.1 Å². The first-order valence-electron chi connectivity index (χ1n) is 6.73. The zero-order chi connectivity index (χ0) is 14.8. The first-order chi connectivity index (χ1) is 9.40. The SMILES string of the molecule is CCNCc1ccc(N(CC(F)(F)F)C2CC2)c(Cl)c1. The molecule has 0 atom stereocenters. The lowest BCUT2D eigenvalue weighted by Gasteiger charge is -2.27. The fraction of sp³-hybridized carbons (Fsp3) is 0.571. The van der Waals surface area contributed by atoms with Gasteiger partial charge in [-0.25, -0.2) is 0 Å². The van der Waals surface area contributed by atoms with Gasteiger partial charge in [0, 0.05) is 12.6 Å². The molecule has 1 aromatic rings. The highest BCUT2D eigenvalue weighted by atomic mass is 35.5. The van der Waals surface area contributed by atoms with E-state index in [4.69, 9.17) is 11.6 Å². The Hall–Kier alpha value is -0.940. The molecule has 0 unspecified atom stereocenters. The zero-order valence-electron chi connectivity index (χ0n) is 11.3. The summed E-state index contributed by atoms with van der Waals surface area (Å²) in [5.41, 5.74) is 1.45. The summed E-state index contributed by atoms with van der Waals surface area (Å²) in [6.45, 7) is 2.55. The lowest BCUT2D eigenvalue weighted by molar-refractivity contribution is -0.119. The Bertz CT molecular complexity index is 458. The largest absolute Gasteiger partial charge is 0.405 e. The number of hydrogen-bond acceptors (Lipinski definition) is 2. The van der Waals surface area contributed by atoms with Crippen LogP contribution >= 0.6 is 11.6 Å². The highest BCUT2D eigenvalue weighted by Gasteiger charge is 2.38. The second-order valence-electron chi connectivity index (χ2n) is 5.04. The van der Waals surface area contributed by atoms with E-state index in [2.05, 4.69) is 5.32 Å². The minimum absolute atomic E-state index is 0.0336. The molecule has 20 heavy (non-hydrogen) atoms. The molecule has 1 saturated carbocycles. The summed E-state index contributed by atoms with van der Waals surface area (Å²) in [5, 5.41) is 3.55. The van der Waals surface area contributed by atoms with Gasteiger partial charge in [0.15, 0.2) is 0 Å². The molecule has 0 aromatic heterocycles. The van der Waals surface area contributed by atoms with E-state index >= 15 is 0 Å². The Morgan fingerprint density at radius 1 is 1.35 bits per heavy atom. The number of anilines is 1. The minimum Gasteiger partial charge on any atom is -0.358 e. The molecule has 1 aromatic carbocycles. The monoisotopic (exact) mass is 306 g/mol. The van der Waals surface area contributed by atoms with Crippen LogP contribution in [0, 0.1) is 0 Å². The van der Waals surface area contributed by atoms with Gasteiger partial charge in [0.05, 0.1) is 10.7 Å². The van der Waals surface area contributed by atoms with Gasteiger partial charge < -0.3 is 10.2 Å². The van der Waals surface area contributed by atoms with E-state index in [1.165, 1.54) is 4.90 Å². The first kappa shape index (κ1) is 15.4. The summed E-state index contributed by atoms with van der Waals surface area (Å²) < 4.78 is 38.0. The minimum atomic E-state index is -4.21. The first-order valence-corrected chi connectivity index (χ1v) is 7.11. The van der Waals surface area contributed by atoms with Crippen molar-refractivity contribution in [3.63, 3.8) is 0 Å². The number of rotatable bonds is 6. The van der Waals surface area contributed by atoms with Crippen molar-refractivity contribution < 1.29 is 13.2 Å². The third kappa shape index (κ3) is 4.28. The van der Waals surface area contributed by atoms with Crippen molar-refractivity contribution in [3.8, 4) is 0 Å². The maximum atomic E-state index is 12.7. The van der Waals surface area contributed by atoms with Crippen molar-refractivity contribution in [1.82, 2.24) is 5.32 Å². The number of halogens is 4. The molecule has 6 heteroatoms. The van der Waals surface area contributed by atoms with Gasteiger partial charge >= 0.3 is 6.18 Å². The van der Waals surface area contributed by atoms with Gasteiger partial charge in [0.25, 0.3) is 0 Å². The topological polar surface area (TPSA) is 15.3 Å². The lowest BCUT2D eigenvalue weighted by Crippen LogP contribution is -2.36. The second kappa shape index (κ2) is 6.22. The molecule has 2 nitrogen and oxygen atoms in total. The lowest BCUT2D eigenvalue weighted by atomic mass is 10.2. The van der Waals surface area contributed by atoms with Gasteiger partial charge in [-0.2, -0.15) is 13.2 Å². The van der Waals surface area contributed by atoms with E-state index in [0.717, 1.165) is 24.9 Å². The molecule has 0 spiro atoms. The van der Waals surface area contributed by atoms with Crippen LogP contribution in [0.15, 0.2) is 18.2 Å². The van der Waals surface area contributed by atoms with Crippen LogP contribution in [0.25, 0.3) is 0 Å². The fourth-order valence-corrected chi connectivity index (χ4v) is 2.46. The average molecular weight is 307 g/mol. The number of nitrogens with zero attached hydrogens (tertiary/aromatic N) is 1. The Morgan fingerprint density at radius 2 is 2.05 bits per heavy atom. The Morgan fingerprint density at radius 3 is 2.55 bits per heavy atom. The molecule has 1 aliphatic carbocycles. The molecule has 1 N–H and O–H groups in total. The Balaban J connectivity index is 2.16. The number of alkyl halides is 3. The van der Waals surface area contributed by atoms with Crippen LogP contribution in [0.2, 0.25) is 5.02 Å². The highest BCUT2D eigenvalue weighted by Crippen LogP contribution is 2.38. The van der Waals surface area contributed by atoms with Gasteiger partial charge in [-0.15, -0.1) is 0 Å². The third-order valence-corrected chi connectivity index (χ3v) is 3.54. The zero-order valence-corrected chi connectivity index (χ0v) is 12.1. The van der Waals surface area contributed by atoms with E-state index in [9.17, 15) is 13.2 Å². The van der Waals surface area contributed by atoms with Crippen molar-refractivity contribution in [2.24, 2.45) is 0 Å². The summed E-state index contributed by atoms with van der Waals surface area (Å²) in [4.78, 5) is 1.37. The van der Waals surface area contributed by atoms with Gasteiger partial charge in [0.1, 0.15) is 6.54 Å². The van der Waals surface area contributed by atoms with Crippen LogP contribution in [0.3, 0.4) is 0 Å². The Labute approximate surface area is 121 Å². The average Bonchev–Trinajstić information content (AvgIpc) is 3.17. The van der Waals surface area contributed by atoms with E-state index < -0.39 is 12.7 Å². The highest BCUT2D eigenvalue weighted by molar-refractivity contribution is 6.33. The Kier molecular flexibility index (Phi) is 4.81. The standard InChI is InChI=1S/C14H18ClF3N2/c1-2-19-8-10-3-6-13(12(15)7-10)20(11-4-5-11)9-14(16,17)18/h3,6-7,11,19H,2,4-5,8-9H2,1H3. The summed E-state index contributed by atoms with van der Waals surface area (Å²) in [7, 11) is 0. The summed E-state index contributed by atoms with van der Waals surface area (Å²) in [5.74, 6) is 0. The van der Waals surface area contributed by atoms with E-state index in [1.807, 2.05) is 13.0 Å². The third-order valence-electron chi connectivity index (χ3n) is 3.24. The van der Waals surface area contributed by atoms with E-state index in [-0.39, 0.29) is 6.04 Å². The van der Waals surface area contributed by atoms with Gasteiger partial charge in [-0.05, 0) is 37.1 Å². The van der Waals surface area contributed by atoms with Crippen LogP contribution in [-0.2, 0) is 6.54 Å². The van der Waals surface area contributed by atoms with Gasteiger partial charge in [0.2, 0.25) is 0 Å². The van der Waals surface area contributed by atoms with Crippen molar-refractivity contribution in [1.29, 1.82) is 0 Å². The summed E-state index contributed by atoms with van der Waals surface area (Å²) in [6, 6.07) is 5.23. The van der Waals surface area contributed by atoms with Crippen LogP contribution in [0.4, 0.5) is 18.9 Å². The molecule has 1 aliphatic rings. The van der Waals surface area contributed by atoms with Crippen LogP contribution in [0.5, 0.6) is 0 Å². The van der Waals surface area contributed by atoms with Crippen molar-refractivity contribution in [2.45, 2.75) is 38.5 Å². The molecule has 0 radical (unpaired) electrons. The second-order valence-corrected chi connectivity index (χ2v) is 5.45. The normalized spacial score (nSPS) is 15.4. The molecule has 2 rings (SSSR count). The van der Waals surface area contributed by atoms with Gasteiger partial charge in [-0.3, -0.25) is 0 Å². The molecule has 0 saturated heterocycles. The summed E-state index contributed by atoms with van der Waals surface area (Å²) in [6.07, 6.45) is -2.62. The number of nitrogens with one attached hydrogen (secondary N) is 1. The molecule has 0 aliphatic heterocycles. The predicted molar refractivity (Wildman–Crippen MR) is 75.3 cm³/mol. The molecular formula is C14H18ClF3N2.